The summed E-state index contributed by atoms with van der Waals surface area (Å²) in [6.45, 7) is 0.594. The number of aliphatic imine (C=N–C) groups is 1. The first kappa shape index (κ1) is 15.2. The van der Waals surface area contributed by atoms with Crippen LogP contribution in [0.5, 0.6) is 0 Å². The van der Waals surface area contributed by atoms with Crippen LogP contribution in [0.25, 0.3) is 21.8 Å². The zero-order valence-electron chi connectivity index (χ0n) is 12.7. The number of H-pyrrole nitrogens is 1. The Hall–Kier alpha value is -2.73. The summed E-state index contributed by atoms with van der Waals surface area (Å²) in [6, 6.07) is 9.58. The molecule has 2 aromatic heterocycles. The molecule has 23 heavy (non-hydrogen) atoms. The fraction of sp³-hybridized carbons (Fsp3) is 0.235. The lowest BCUT2D eigenvalue weighted by Gasteiger charge is -2.02. The molecule has 1 aromatic carbocycles. The quantitative estimate of drug-likeness (QED) is 0.430. The molecule has 2 N–H and O–H groups in total. The lowest BCUT2D eigenvalue weighted by Crippen LogP contribution is -2.06. The zero-order chi connectivity index (χ0) is 16.2. The third-order valence-electron chi connectivity index (χ3n) is 3.58. The molecule has 6 nitrogen and oxygen atoms in total. The number of rotatable bonds is 5. The highest BCUT2D eigenvalue weighted by Crippen LogP contribution is 2.27. The standard InChI is InChI=1S/C17H17N3O3/c1-23-17(22)14-9-12-11-5-2-3-6-13(11)20-16(12)15(19-14)10-18-7-4-8-21/h2-3,5-6,9-10,20-21H,4,7-8H2,1H3. The highest BCUT2D eigenvalue weighted by atomic mass is 16.5. The molecule has 3 aromatic rings. The Morgan fingerprint density at radius 1 is 1.39 bits per heavy atom. The van der Waals surface area contributed by atoms with Gasteiger partial charge in [-0.1, -0.05) is 18.2 Å². The van der Waals surface area contributed by atoms with Gasteiger partial charge in [0.25, 0.3) is 0 Å². The van der Waals surface area contributed by atoms with Gasteiger partial charge in [0.15, 0.2) is 0 Å². The van der Waals surface area contributed by atoms with Crippen molar-refractivity contribution in [3.05, 3.63) is 41.7 Å². The Kier molecular flexibility index (Phi) is 4.34. The average molecular weight is 311 g/mol. The Balaban J connectivity index is 2.18. The molecule has 2 heterocycles. The van der Waals surface area contributed by atoms with Crippen LogP contribution in [0.1, 0.15) is 22.6 Å². The van der Waals surface area contributed by atoms with Crippen molar-refractivity contribution in [1.29, 1.82) is 0 Å². The number of aromatic nitrogens is 2. The number of nitrogens with zero attached hydrogens (tertiary/aromatic N) is 2. The van der Waals surface area contributed by atoms with Gasteiger partial charge >= 0.3 is 5.97 Å². The molecule has 0 saturated carbocycles. The molecule has 0 aliphatic heterocycles. The van der Waals surface area contributed by atoms with Crippen LogP contribution in [-0.4, -0.2) is 47.5 Å². The van der Waals surface area contributed by atoms with Crippen molar-refractivity contribution in [2.24, 2.45) is 4.99 Å². The Morgan fingerprint density at radius 2 is 2.22 bits per heavy atom. The minimum Gasteiger partial charge on any atom is -0.464 e. The largest absolute Gasteiger partial charge is 0.464 e. The van der Waals surface area contributed by atoms with E-state index >= 15 is 0 Å². The number of ether oxygens (including phenoxy) is 1. The molecule has 0 bridgehead atoms. The minimum absolute atomic E-state index is 0.0920. The molecule has 0 fully saturated rings. The topological polar surface area (TPSA) is 87.6 Å². The maximum Gasteiger partial charge on any atom is 0.356 e. The molecular formula is C17H17N3O3. The highest BCUT2D eigenvalue weighted by Gasteiger charge is 2.15. The fourth-order valence-electron chi connectivity index (χ4n) is 2.49. The van der Waals surface area contributed by atoms with Crippen LogP contribution in [-0.2, 0) is 4.74 Å². The van der Waals surface area contributed by atoms with Crippen molar-refractivity contribution in [2.75, 3.05) is 20.3 Å². The summed E-state index contributed by atoms with van der Waals surface area (Å²) in [7, 11) is 1.33. The molecule has 3 rings (SSSR count). The first-order valence-electron chi connectivity index (χ1n) is 7.35. The van der Waals surface area contributed by atoms with E-state index in [1.54, 1.807) is 12.3 Å². The molecule has 118 valence electrons. The van der Waals surface area contributed by atoms with Gasteiger partial charge in [0, 0.05) is 35.7 Å². The lowest BCUT2D eigenvalue weighted by molar-refractivity contribution is 0.0594. The molecule has 0 spiro atoms. The van der Waals surface area contributed by atoms with Crippen molar-refractivity contribution >= 4 is 34.0 Å². The summed E-state index contributed by atoms with van der Waals surface area (Å²) in [5, 5.41) is 10.7. The normalized spacial score (nSPS) is 11.6. The van der Waals surface area contributed by atoms with Gasteiger partial charge in [-0.25, -0.2) is 9.78 Å². The van der Waals surface area contributed by atoms with Crippen LogP contribution in [0.3, 0.4) is 0 Å². The van der Waals surface area contributed by atoms with Crippen LogP contribution in [0.15, 0.2) is 35.3 Å². The van der Waals surface area contributed by atoms with Crippen LogP contribution in [0.4, 0.5) is 0 Å². The van der Waals surface area contributed by atoms with Gasteiger partial charge in [0.1, 0.15) is 11.4 Å². The molecular weight excluding hydrogens is 294 g/mol. The molecule has 0 unspecified atom stereocenters. The molecule has 0 saturated heterocycles. The molecule has 0 amide bonds. The maximum absolute atomic E-state index is 11.9. The van der Waals surface area contributed by atoms with Crippen molar-refractivity contribution in [2.45, 2.75) is 6.42 Å². The lowest BCUT2D eigenvalue weighted by atomic mass is 10.1. The second-order valence-electron chi connectivity index (χ2n) is 5.09. The number of carbonyl (C=O) groups is 1. The second-order valence-corrected chi connectivity index (χ2v) is 5.09. The summed E-state index contributed by atoms with van der Waals surface area (Å²) in [4.78, 5) is 23.8. The van der Waals surface area contributed by atoms with E-state index in [0.717, 1.165) is 21.8 Å². The Bertz CT molecular complexity index is 883. The van der Waals surface area contributed by atoms with E-state index in [1.807, 2.05) is 24.3 Å². The van der Waals surface area contributed by atoms with Crippen molar-refractivity contribution in [3.8, 4) is 0 Å². The highest BCUT2D eigenvalue weighted by molar-refractivity contribution is 6.13. The van der Waals surface area contributed by atoms with E-state index in [0.29, 0.717) is 18.7 Å². The van der Waals surface area contributed by atoms with E-state index < -0.39 is 5.97 Å². The Morgan fingerprint density at radius 3 is 3.00 bits per heavy atom. The predicted octanol–water partition coefficient (Wildman–Crippen LogP) is 2.30. The third kappa shape index (κ3) is 2.93. The van der Waals surface area contributed by atoms with E-state index in [2.05, 4.69) is 15.0 Å². The van der Waals surface area contributed by atoms with Gasteiger partial charge in [0.05, 0.1) is 12.6 Å². The van der Waals surface area contributed by atoms with E-state index in [4.69, 9.17) is 9.84 Å². The molecule has 0 radical (unpaired) electrons. The molecule has 6 heteroatoms. The first-order chi connectivity index (χ1) is 11.2. The zero-order valence-corrected chi connectivity index (χ0v) is 12.7. The predicted molar refractivity (Wildman–Crippen MR) is 89.1 cm³/mol. The molecule has 0 aliphatic rings. The summed E-state index contributed by atoms with van der Waals surface area (Å²) < 4.78 is 4.78. The number of benzene rings is 1. The number of methoxy groups -OCH3 is 1. The van der Waals surface area contributed by atoms with Crippen molar-refractivity contribution in [3.63, 3.8) is 0 Å². The van der Waals surface area contributed by atoms with Crippen molar-refractivity contribution < 1.29 is 14.6 Å². The summed E-state index contributed by atoms with van der Waals surface area (Å²) in [5.41, 5.74) is 2.62. The van der Waals surface area contributed by atoms with Gasteiger partial charge in [0.2, 0.25) is 0 Å². The molecule has 0 atom stereocenters. The van der Waals surface area contributed by atoms with Crippen molar-refractivity contribution in [1.82, 2.24) is 9.97 Å². The summed E-state index contributed by atoms with van der Waals surface area (Å²) >= 11 is 0. The number of esters is 1. The van der Waals surface area contributed by atoms with Crippen LogP contribution in [0, 0.1) is 0 Å². The van der Waals surface area contributed by atoms with E-state index in [1.165, 1.54) is 7.11 Å². The fourth-order valence-corrected chi connectivity index (χ4v) is 2.49. The van der Waals surface area contributed by atoms with Gasteiger partial charge < -0.3 is 14.8 Å². The molecule has 0 aliphatic carbocycles. The van der Waals surface area contributed by atoms with E-state index in [9.17, 15) is 4.79 Å². The summed E-state index contributed by atoms with van der Waals surface area (Å²) in [6.07, 6.45) is 2.21. The minimum atomic E-state index is -0.484. The number of nitrogens with one attached hydrogen (secondary N) is 1. The number of pyridine rings is 1. The second kappa shape index (κ2) is 6.58. The number of para-hydroxylation sites is 1. The van der Waals surface area contributed by atoms with Gasteiger partial charge in [-0.05, 0) is 18.6 Å². The number of hydrogen-bond donors (Lipinski definition) is 2. The number of aliphatic hydroxyl groups is 1. The third-order valence-corrected chi connectivity index (χ3v) is 3.58. The number of aromatic amines is 1. The number of carbonyl (C=O) groups excluding carboxylic acids is 1. The van der Waals surface area contributed by atoms with Gasteiger partial charge in [-0.15, -0.1) is 0 Å². The number of aliphatic hydroxyl groups excluding tert-OH is 1. The monoisotopic (exact) mass is 311 g/mol. The number of hydrogen-bond acceptors (Lipinski definition) is 5. The van der Waals surface area contributed by atoms with E-state index in [-0.39, 0.29) is 12.3 Å². The summed E-state index contributed by atoms with van der Waals surface area (Å²) in [5.74, 6) is -0.484. The smallest absolute Gasteiger partial charge is 0.356 e. The van der Waals surface area contributed by atoms with Crippen LogP contribution in [0.2, 0.25) is 0 Å². The van der Waals surface area contributed by atoms with Gasteiger partial charge in [-0.3, -0.25) is 4.99 Å². The number of fused-ring (bicyclic) bond motifs is 3. The Labute approximate surface area is 132 Å². The van der Waals surface area contributed by atoms with Crippen LogP contribution < -0.4 is 0 Å². The van der Waals surface area contributed by atoms with Gasteiger partial charge in [-0.2, -0.15) is 0 Å². The first-order valence-corrected chi connectivity index (χ1v) is 7.35. The maximum atomic E-state index is 11.9. The average Bonchev–Trinajstić information content (AvgIpc) is 2.96. The van der Waals surface area contributed by atoms with Crippen LogP contribution >= 0.6 is 0 Å². The SMILES string of the molecule is COC(=O)c1cc2c([nH]c3ccccc32)c(C=NCCCO)n1.